The van der Waals surface area contributed by atoms with E-state index in [0.717, 1.165) is 22.5 Å². The van der Waals surface area contributed by atoms with Crippen LogP contribution >= 0.6 is 0 Å². The fraction of sp³-hybridized carbons (Fsp3) is 0.424. The number of benzene rings is 2. The fourth-order valence-electron chi connectivity index (χ4n) is 4.68. The topological polar surface area (TPSA) is 167 Å². The van der Waals surface area contributed by atoms with Crippen molar-refractivity contribution >= 4 is 27.1 Å². The first-order valence-electron chi connectivity index (χ1n) is 15.2. The molecule has 1 aliphatic rings. The van der Waals surface area contributed by atoms with Gasteiger partial charge in [0.25, 0.3) is 10.1 Å². The van der Waals surface area contributed by atoms with Gasteiger partial charge < -0.3 is 39.6 Å². The van der Waals surface area contributed by atoms with Crippen LogP contribution in [0.1, 0.15) is 11.1 Å². The Morgan fingerprint density at radius 2 is 1.22 bits per heavy atom. The lowest BCUT2D eigenvalue weighted by atomic mass is 9.90. The van der Waals surface area contributed by atoms with E-state index >= 15 is 0 Å². The van der Waals surface area contributed by atoms with Gasteiger partial charge >= 0.3 is 0 Å². The van der Waals surface area contributed by atoms with Gasteiger partial charge in [0.15, 0.2) is 18.8 Å². The van der Waals surface area contributed by atoms with Crippen LogP contribution in [0.5, 0.6) is 0 Å². The van der Waals surface area contributed by atoms with Gasteiger partial charge in [-0.25, -0.2) is 4.58 Å². The number of aliphatic hydroxyl groups is 3. The lowest BCUT2D eigenvalue weighted by Crippen LogP contribution is -2.28. The van der Waals surface area contributed by atoms with Crippen molar-refractivity contribution in [2.45, 2.75) is 4.90 Å². The highest BCUT2D eigenvalue weighted by atomic mass is 32.2. The Kier molecular flexibility index (Phi) is 16.8. The molecule has 0 heterocycles. The molecule has 0 aliphatic heterocycles. The number of anilines is 1. The second-order valence-corrected chi connectivity index (χ2v) is 11.4. The molecular formula is C33H45N2O10S+. The van der Waals surface area contributed by atoms with Crippen molar-refractivity contribution in [3.8, 4) is 0 Å². The lowest BCUT2D eigenvalue weighted by Gasteiger charge is -2.17. The smallest absolute Gasteiger partial charge is 0.295 e. The van der Waals surface area contributed by atoms with E-state index in [0.29, 0.717) is 63.8 Å². The van der Waals surface area contributed by atoms with Crippen molar-refractivity contribution < 1.29 is 51.8 Å². The summed E-state index contributed by atoms with van der Waals surface area (Å²) >= 11 is 0. The lowest BCUT2D eigenvalue weighted by molar-refractivity contribution is -0.532. The predicted octanol–water partition coefficient (Wildman–Crippen LogP) is 1.77. The Bertz CT molecular complexity index is 1420. The SMILES string of the molecule is O=S(=O)(O)c1ccccc1C(=C1C=CC(=[N+](CCOCCO)CCOCCOCCO)C=C1)c1ccc(NCCOCCO)cc1. The molecule has 46 heavy (non-hydrogen) atoms. The van der Waals surface area contributed by atoms with Crippen LogP contribution in [0.2, 0.25) is 0 Å². The molecule has 0 fully saturated rings. The summed E-state index contributed by atoms with van der Waals surface area (Å²) in [5.74, 6) is 0. The zero-order valence-electron chi connectivity index (χ0n) is 25.9. The Labute approximate surface area is 270 Å². The molecule has 1 aliphatic carbocycles. The molecule has 252 valence electrons. The van der Waals surface area contributed by atoms with Gasteiger partial charge in [-0.2, -0.15) is 8.42 Å². The number of hydrogen-bond donors (Lipinski definition) is 5. The molecule has 0 radical (unpaired) electrons. The van der Waals surface area contributed by atoms with Crippen LogP contribution in [0.4, 0.5) is 5.69 Å². The zero-order chi connectivity index (χ0) is 33.0. The van der Waals surface area contributed by atoms with E-state index in [1.165, 1.54) is 6.07 Å². The minimum absolute atomic E-state index is 0.0343. The number of allylic oxidation sites excluding steroid dienone is 5. The van der Waals surface area contributed by atoms with Crippen molar-refractivity contribution in [2.24, 2.45) is 0 Å². The summed E-state index contributed by atoms with van der Waals surface area (Å²) in [5, 5.41) is 30.0. The number of nitrogens with zero attached hydrogens (tertiary/aromatic N) is 1. The molecule has 0 amide bonds. The normalized spacial score (nSPS) is 13.0. The van der Waals surface area contributed by atoms with Crippen LogP contribution in [-0.2, 0) is 29.1 Å². The summed E-state index contributed by atoms with van der Waals surface area (Å²) in [7, 11) is -4.52. The average Bonchev–Trinajstić information content (AvgIpc) is 3.06. The standard InChI is InChI=1S/C33H44N2O10S/c36-16-22-42-19-13-34-29-9-5-27(6-10-29)33(31-3-1-2-4-32(31)46(39,40)41)28-7-11-30(12-8-28)35(14-20-43-23-17-37)15-21-44-25-26-45-24-18-38/h1-12,36-38H,13-26H2,(H,39,40,41)/p+1. The van der Waals surface area contributed by atoms with E-state index in [-0.39, 0.29) is 44.5 Å². The molecule has 0 unspecified atom stereocenters. The third-order valence-corrected chi connectivity index (χ3v) is 7.71. The van der Waals surface area contributed by atoms with E-state index in [4.69, 9.17) is 34.3 Å². The molecule has 2 aromatic carbocycles. The first-order chi connectivity index (χ1) is 22.4. The van der Waals surface area contributed by atoms with Gasteiger partial charge in [0.1, 0.15) is 18.1 Å². The number of ether oxygens (including phenoxy) is 4. The quantitative estimate of drug-likeness (QED) is 0.0709. The van der Waals surface area contributed by atoms with Gasteiger partial charge in [-0.1, -0.05) is 30.3 Å². The molecule has 0 atom stereocenters. The third kappa shape index (κ3) is 12.5. The van der Waals surface area contributed by atoms with Crippen molar-refractivity contribution in [2.75, 3.05) is 97.6 Å². The molecule has 12 nitrogen and oxygen atoms in total. The van der Waals surface area contributed by atoms with E-state index in [9.17, 15) is 13.0 Å². The van der Waals surface area contributed by atoms with E-state index < -0.39 is 10.1 Å². The van der Waals surface area contributed by atoms with Crippen molar-refractivity contribution in [3.05, 3.63) is 89.5 Å². The van der Waals surface area contributed by atoms with Crippen LogP contribution < -0.4 is 5.32 Å². The highest BCUT2D eigenvalue weighted by Crippen LogP contribution is 2.34. The Morgan fingerprint density at radius 3 is 1.80 bits per heavy atom. The number of rotatable bonds is 22. The van der Waals surface area contributed by atoms with Crippen LogP contribution in [0.25, 0.3) is 5.57 Å². The van der Waals surface area contributed by atoms with Gasteiger partial charge in [-0.15, -0.1) is 0 Å². The summed E-state index contributed by atoms with van der Waals surface area (Å²) in [5.41, 5.74) is 4.21. The monoisotopic (exact) mass is 661 g/mol. The molecule has 13 heteroatoms. The van der Waals surface area contributed by atoms with Gasteiger partial charge in [-0.3, -0.25) is 4.55 Å². The minimum Gasteiger partial charge on any atom is -0.394 e. The first kappa shape index (κ1) is 37.2. The second kappa shape index (κ2) is 20.8. The molecule has 2 aromatic rings. The second-order valence-electron chi connectivity index (χ2n) is 10.0. The Hall–Kier alpha value is -3.24. The van der Waals surface area contributed by atoms with Gasteiger partial charge in [0.2, 0.25) is 0 Å². The number of hydrogen-bond acceptors (Lipinski definition) is 10. The van der Waals surface area contributed by atoms with E-state index in [2.05, 4.69) is 9.89 Å². The molecule has 0 spiro atoms. The molecule has 0 bridgehead atoms. The van der Waals surface area contributed by atoms with Gasteiger partial charge in [0, 0.05) is 29.9 Å². The highest BCUT2D eigenvalue weighted by molar-refractivity contribution is 7.86. The summed E-state index contributed by atoms with van der Waals surface area (Å²) < 4.78 is 58.7. The molecule has 0 aromatic heterocycles. The van der Waals surface area contributed by atoms with Gasteiger partial charge in [0.05, 0.1) is 59.5 Å². The van der Waals surface area contributed by atoms with Crippen LogP contribution in [0.15, 0.2) is 83.3 Å². The molecule has 3 rings (SSSR count). The third-order valence-electron chi connectivity index (χ3n) is 6.79. The Morgan fingerprint density at radius 1 is 0.674 bits per heavy atom. The summed E-state index contributed by atoms with van der Waals surface area (Å²) in [6.45, 7) is 4.33. The van der Waals surface area contributed by atoms with Crippen molar-refractivity contribution in [1.29, 1.82) is 0 Å². The zero-order valence-corrected chi connectivity index (χ0v) is 26.7. The van der Waals surface area contributed by atoms with E-state index in [1.807, 2.05) is 48.6 Å². The fourth-order valence-corrected chi connectivity index (χ4v) is 5.37. The maximum atomic E-state index is 12.4. The molecule has 0 saturated carbocycles. The largest absolute Gasteiger partial charge is 0.394 e. The average molecular weight is 662 g/mol. The van der Waals surface area contributed by atoms with Gasteiger partial charge in [-0.05, 0) is 47.1 Å². The minimum atomic E-state index is -4.52. The number of aliphatic hydroxyl groups excluding tert-OH is 3. The van der Waals surface area contributed by atoms with Crippen LogP contribution in [0.3, 0.4) is 0 Å². The van der Waals surface area contributed by atoms with Crippen molar-refractivity contribution in [1.82, 2.24) is 0 Å². The summed E-state index contributed by atoms with van der Waals surface area (Å²) in [6, 6.07) is 13.9. The Balaban J connectivity index is 1.92. The summed E-state index contributed by atoms with van der Waals surface area (Å²) in [4.78, 5) is -0.194. The van der Waals surface area contributed by atoms with E-state index in [1.54, 1.807) is 18.2 Å². The van der Waals surface area contributed by atoms with Crippen LogP contribution in [0, 0.1) is 0 Å². The van der Waals surface area contributed by atoms with Crippen LogP contribution in [-0.4, -0.2) is 131 Å². The molecule has 5 N–H and O–H groups in total. The number of nitrogens with one attached hydrogen (secondary N) is 1. The predicted molar refractivity (Wildman–Crippen MR) is 175 cm³/mol. The molecule has 0 saturated heterocycles. The van der Waals surface area contributed by atoms with Crippen molar-refractivity contribution in [3.63, 3.8) is 0 Å². The maximum absolute atomic E-state index is 12.4. The first-order valence-corrected chi connectivity index (χ1v) is 16.6. The highest BCUT2D eigenvalue weighted by Gasteiger charge is 2.22. The maximum Gasteiger partial charge on any atom is 0.295 e. The molecular weight excluding hydrogens is 616 g/mol. The summed E-state index contributed by atoms with van der Waals surface area (Å²) in [6.07, 6.45) is 7.68.